The van der Waals surface area contributed by atoms with Crippen molar-refractivity contribution in [2.24, 2.45) is 0 Å². The molecule has 0 fully saturated rings. The van der Waals surface area contributed by atoms with Gasteiger partial charge >= 0.3 is 0 Å². The summed E-state index contributed by atoms with van der Waals surface area (Å²) >= 11 is 0. The van der Waals surface area contributed by atoms with E-state index in [2.05, 4.69) is 18.0 Å². The van der Waals surface area contributed by atoms with Crippen molar-refractivity contribution in [2.45, 2.75) is 18.9 Å². The quantitative estimate of drug-likeness (QED) is 0.865. The number of nitrogens with zero attached hydrogens (tertiary/aromatic N) is 2. The first-order valence-electron chi connectivity index (χ1n) is 8.38. The number of amides is 2. The maximum Gasteiger partial charge on any atom is 0.251 e. The van der Waals surface area contributed by atoms with Gasteiger partial charge in [-0.15, -0.1) is 0 Å². The predicted octanol–water partition coefficient (Wildman–Crippen LogP) is 3.12. The lowest BCUT2D eigenvalue weighted by molar-refractivity contribution is -0.113. The van der Waals surface area contributed by atoms with Gasteiger partial charge in [-0.05, 0) is 60.4 Å². The number of benzene rings is 2. The molecular weight excluding hydrogens is 326 g/mol. The van der Waals surface area contributed by atoms with Gasteiger partial charge in [0.2, 0.25) is 5.91 Å². The van der Waals surface area contributed by atoms with Crippen LogP contribution in [0.1, 0.15) is 39.5 Å². The normalized spacial score (nSPS) is 14.8. The first kappa shape index (κ1) is 17.4. The van der Waals surface area contributed by atoms with Crippen molar-refractivity contribution >= 4 is 17.5 Å². The Morgan fingerprint density at radius 1 is 1.27 bits per heavy atom. The molecule has 0 heterocycles. The van der Waals surface area contributed by atoms with Crippen molar-refractivity contribution in [2.75, 3.05) is 11.9 Å². The van der Waals surface area contributed by atoms with E-state index in [1.54, 1.807) is 31.3 Å². The Balaban J connectivity index is 1.74. The maximum atomic E-state index is 12.6. The van der Waals surface area contributed by atoms with E-state index < -0.39 is 0 Å². The third-order valence-corrected chi connectivity index (χ3v) is 4.72. The summed E-state index contributed by atoms with van der Waals surface area (Å²) < 4.78 is 0. The minimum atomic E-state index is -0.210. The highest BCUT2D eigenvalue weighted by Gasteiger charge is 2.26. The second kappa shape index (κ2) is 7.24. The number of fused-ring (bicyclic) bond motifs is 1. The summed E-state index contributed by atoms with van der Waals surface area (Å²) in [6.07, 6.45) is 2.82. The number of anilines is 1. The smallest absolute Gasteiger partial charge is 0.251 e. The molecule has 5 nitrogen and oxygen atoms in total. The van der Waals surface area contributed by atoms with Gasteiger partial charge in [-0.3, -0.25) is 9.59 Å². The minimum absolute atomic E-state index is 0.0875. The summed E-state index contributed by atoms with van der Waals surface area (Å²) in [5.41, 5.74) is 3.94. The Kier molecular flexibility index (Phi) is 4.85. The lowest BCUT2D eigenvalue weighted by Gasteiger charge is -2.17. The number of nitriles is 1. The number of carbonyl (C=O) groups is 2. The molecular formula is C21H19N3O2. The number of rotatable bonds is 4. The molecule has 1 N–H and O–H groups in total. The van der Waals surface area contributed by atoms with E-state index in [-0.39, 0.29) is 17.9 Å². The van der Waals surface area contributed by atoms with Crippen LogP contribution in [0.3, 0.4) is 0 Å². The summed E-state index contributed by atoms with van der Waals surface area (Å²) in [7, 11) is 1.65. The molecule has 5 heteroatoms. The van der Waals surface area contributed by atoms with Gasteiger partial charge < -0.3 is 10.2 Å². The second-order valence-corrected chi connectivity index (χ2v) is 6.20. The molecule has 0 radical (unpaired) electrons. The Morgan fingerprint density at radius 2 is 2.00 bits per heavy atom. The van der Waals surface area contributed by atoms with Crippen LogP contribution < -0.4 is 10.2 Å². The van der Waals surface area contributed by atoms with Crippen LogP contribution >= 0.6 is 0 Å². The van der Waals surface area contributed by atoms with Crippen molar-refractivity contribution in [3.63, 3.8) is 0 Å². The molecule has 0 bridgehead atoms. The van der Waals surface area contributed by atoms with Gasteiger partial charge in [0, 0.05) is 18.3 Å². The number of hydrogen-bond acceptors (Lipinski definition) is 3. The fourth-order valence-corrected chi connectivity index (χ4v) is 3.25. The average molecular weight is 345 g/mol. The number of likely N-dealkylation sites (N-methyl/N-ethyl adjacent to an activating group) is 1. The van der Waals surface area contributed by atoms with Crippen LogP contribution in [0.25, 0.3) is 0 Å². The van der Waals surface area contributed by atoms with Gasteiger partial charge in [0.15, 0.2) is 0 Å². The first-order valence-corrected chi connectivity index (χ1v) is 8.38. The monoisotopic (exact) mass is 345 g/mol. The zero-order chi connectivity index (χ0) is 18.7. The van der Waals surface area contributed by atoms with Crippen molar-refractivity contribution in [3.05, 3.63) is 77.4 Å². The summed E-state index contributed by atoms with van der Waals surface area (Å²) in [6.45, 7) is 3.47. The summed E-state index contributed by atoms with van der Waals surface area (Å²) in [5, 5.41) is 12.2. The minimum Gasteiger partial charge on any atom is -0.345 e. The highest BCUT2D eigenvalue weighted by molar-refractivity contribution is 6.01. The Morgan fingerprint density at radius 3 is 2.65 bits per heavy atom. The first-order chi connectivity index (χ1) is 12.5. The predicted molar refractivity (Wildman–Crippen MR) is 99.7 cm³/mol. The molecule has 1 aliphatic carbocycles. The van der Waals surface area contributed by atoms with Crippen LogP contribution in [0.15, 0.2) is 55.1 Å². The molecule has 1 atom stereocenters. The number of carbonyl (C=O) groups excluding carboxylic acids is 2. The standard InChI is InChI=1S/C21H19N3O2/c1-3-20(25)24(2)16-9-7-14(8-10-16)21(26)23-19-12-11-17-15(13-22)5-4-6-18(17)19/h3-10,19H,1,11-12H2,2H3,(H,23,26)/t19-/m1/s1. The van der Waals surface area contributed by atoms with Crippen LogP contribution in [0.5, 0.6) is 0 Å². The van der Waals surface area contributed by atoms with Gasteiger partial charge in [-0.2, -0.15) is 5.26 Å². The van der Waals surface area contributed by atoms with Crippen molar-refractivity contribution in [3.8, 4) is 6.07 Å². The zero-order valence-electron chi connectivity index (χ0n) is 14.5. The van der Waals surface area contributed by atoms with E-state index in [0.29, 0.717) is 16.8 Å². The Labute approximate surface area is 152 Å². The van der Waals surface area contributed by atoms with Crippen LogP contribution in [-0.4, -0.2) is 18.9 Å². The van der Waals surface area contributed by atoms with Crippen LogP contribution in [0.4, 0.5) is 5.69 Å². The molecule has 2 aromatic rings. The van der Waals surface area contributed by atoms with Crippen molar-refractivity contribution < 1.29 is 9.59 Å². The van der Waals surface area contributed by atoms with E-state index in [1.807, 2.05) is 18.2 Å². The van der Waals surface area contributed by atoms with E-state index in [0.717, 1.165) is 24.0 Å². The van der Waals surface area contributed by atoms with E-state index in [1.165, 1.54) is 11.0 Å². The molecule has 0 aliphatic heterocycles. The fourth-order valence-electron chi connectivity index (χ4n) is 3.25. The zero-order valence-corrected chi connectivity index (χ0v) is 14.5. The largest absolute Gasteiger partial charge is 0.345 e. The van der Waals surface area contributed by atoms with Crippen LogP contribution in [-0.2, 0) is 11.2 Å². The average Bonchev–Trinajstić information content (AvgIpc) is 3.09. The van der Waals surface area contributed by atoms with Gasteiger partial charge in [0.25, 0.3) is 5.91 Å². The molecule has 3 rings (SSSR count). The van der Waals surface area contributed by atoms with Crippen LogP contribution in [0, 0.1) is 11.3 Å². The molecule has 26 heavy (non-hydrogen) atoms. The lowest BCUT2D eigenvalue weighted by atomic mass is 10.0. The molecule has 1 aliphatic rings. The number of hydrogen-bond donors (Lipinski definition) is 1. The van der Waals surface area contributed by atoms with Gasteiger partial charge in [-0.25, -0.2) is 0 Å². The molecule has 0 saturated carbocycles. The molecule has 2 aromatic carbocycles. The summed E-state index contributed by atoms with van der Waals surface area (Å²) in [4.78, 5) is 25.7. The summed E-state index contributed by atoms with van der Waals surface area (Å²) in [6, 6.07) is 14.6. The molecule has 0 unspecified atom stereocenters. The maximum absolute atomic E-state index is 12.6. The third kappa shape index (κ3) is 3.22. The Bertz CT molecular complexity index is 910. The van der Waals surface area contributed by atoms with E-state index in [9.17, 15) is 14.9 Å². The third-order valence-electron chi connectivity index (χ3n) is 4.72. The van der Waals surface area contributed by atoms with Crippen molar-refractivity contribution in [1.82, 2.24) is 5.32 Å². The van der Waals surface area contributed by atoms with Gasteiger partial charge in [0.05, 0.1) is 17.7 Å². The van der Waals surface area contributed by atoms with Gasteiger partial charge in [0.1, 0.15) is 0 Å². The van der Waals surface area contributed by atoms with Crippen LogP contribution in [0.2, 0.25) is 0 Å². The highest BCUT2D eigenvalue weighted by atomic mass is 16.2. The summed E-state index contributed by atoms with van der Waals surface area (Å²) in [5.74, 6) is -0.382. The number of nitrogens with one attached hydrogen (secondary N) is 1. The van der Waals surface area contributed by atoms with E-state index in [4.69, 9.17) is 0 Å². The molecule has 130 valence electrons. The molecule has 2 amide bonds. The lowest BCUT2D eigenvalue weighted by Crippen LogP contribution is -2.27. The van der Waals surface area contributed by atoms with Gasteiger partial charge in [-0.1, -0.05) is 18.7 Å². The second-order valence-electron chi connectivity index (χ2n) is 6.20. The fraction of sp³-hybridized carbons (Fsp3) is 0.190. The SMILES string of the molecule is C=CC(=O)N(C)c1ccc(C(=O)N[C@@H]2CCc3c(C#N)cccc32)cc1. The molecule has 0 spiro atoms. The topological polar surface area (TPSA) is 73.2 Å². The Hall–Kier alpha value is -3.39. The van der Waals surface area contributed by atoms with Crippen molar-refractivity contribution in [1.29, 1.82) is 5.26 Å². The van der Waals surface area contributed by atoms with E-state index >= 15 is 0 Å². The molecule has 0 aromatic heterocycles. The highest BCUT2D eigenvalue weighted by Crippen LogP contribution is 2.33. The molecule has 0 saturated heterocycles.